The summed E-state index contributed by atoms with van der Waals surface area (Å²) in [5.41, 5.74) is 8.39. The SMILES string of the molecule is Nc1ccc(CCNC(=O)C(c2ccccc2)N2CCCCC2=O)cc1. The lowest BCUT2D eigenvalue weighted by molar-refractivity contribution is -0.142. The van der Waals surface area contributed by atoms with E-state index in [1.165, 1.54) is 0 Å². The maximum atomic E-state index is 12.9. The highest BCUT2D eigenvalue weighted by molar-refractivity contribution is 5.89. The van der Waals surface area contributed by atoms with E-state index in [4.69, 9.17) is 5.73 Å². The Balaban J connectivity index is 1.68. The van der Waals surface area contributed by atoms with Gasteiger partial charge in [0, 0.05) is 25.2 Å². The lowest BCUT2D eigenvalue weighted by Gasteiger charge is -2.34. The minimum Gasteiger partial charge on any atom is -0.399 e. The standard InChI is InChI=1S/C21H25N3O2/c22-18-11-9-16(10-12-18)13-14-23-21(26)20(17-6-2-1-3-7-17)24-15-5-4-8-19(24)25/h1-3,6-7,9-12,20H,4-5,8,13-15,22H2,(H,23,26). The highest BCUT2D eigenvalue weighted by Gasteiger charge is 2.32. The van der Waals surface area contributed by atoms with E-state index in [1.807, 2.05) is 54.6 Å². The van der Waals surface area contributed by atoms with E-state index in [-0.39, 0.29) is 11.8 Å². The number of nitrogens with zero attached hydrogens (tertiary/aromatic N) is 1. The van der Waals surface area contributed by atoms with E-state index in [2.05, 4.69) is 5.32 Å². The minimum atomic E-state index is -0.560. The molecule has 1 aliphatic rings. The van der Waals surface area contributed by atoms with E-state index < -0.39 is 6.04 Å². The first kappa shape index (κ1) is 18.0. The number of hydrogen-bond acceptors (Lipinski definition) is 3. The highest BCUT2D eigenvalue weighted by Crippen LogP contribution is 2.25. The third-order valence-electron chi connectivity index (χ3n) is 4.73. The van der Waals surface area contributed by atoms with Crippen molar-refractivity contribution in [1.29, 1.82) is 0 Å². The molecule has 0 aliphatic carbocycles. The Morgan fingerprint density at radius 3 is 2.50 bits per heavy atom. The Bertz CT molecular complexity index is 744. The largest absolute Gasteiger partial charge is 0.399 e. The number of piperidine rings is 1. The molecule has 2 amide bonds. The predicted octanol–water partition coefficient (Wildman–Crippen LogP) is 2.68. The number of nitrogen functional groups attached to an aromatic ring is 1. The number of likely N-dealkylation sites (tertiary alicyclic amines) is 1. The average molecular weight is 351 g/mol. The quantitative estimate of drug-likeness (QED) is 0.786. The topological polar surface area (TPSA) is 75.4 Å². The van der Waals surface area contributed by atoms with Gasteiger partial charge in [-0.15, -0.1) is 0 Å². The van der Waals surface area contributed by atoms with Crippen molar-refractivity contribution in [2.24, 2.45) is 0 Å². The summed E-state index contributed by atoms with van der Waals surface area (Å²) in [4.78, 5) is 27.0. The molecular formula is C21H25N3O2. The summed E-state index contributed by atoms with van der Waals surface area (Å²) in [6.45, 7) is 1.15. The zero-order valence-corrected chi connectivity index (χ0v) is 14.9. The van der Waals surface area contributed by atoms with Crippen molar-refractivity contribution < 1.29 is 9.59 Å². The van der Waals surface area contributed by atoms with Crippen LogP contribution in [0.25, 0.3) is 0 Å². The van der Waals surface area contributed by atoms with Crippen molar-refractivity contribution in [3.63, 3.8) is 0 Å². The summed E-state index contributed by atoms with van der Waals surface area (Å²) in [6.07, 6.45) is 3.08. The van der Waals surface area contributed by atoms with Gasteiger partial charge in [0.15, 0.2) is 0 Å². The summed E-state index contributed by atoms with van der Waals surface area (Å²) in [5.74, 6) is -0.0688. The van der Waals surface area contributed by atoms with E-state index in [0.29, 0.717) is 19.5 Å². The minimum absolute atomic E-state index is 0.0544. The summed E-state index contributed by atoms with van der Waals surface area (Å²) < 4.78 is 0. The average Bonchev–Trinajstić information content (AvgIpc) is 2.66. The van der Waals surface area contributed by atoms with E-state index >= 15 is 0 Å². The lowest BCUT2D eigenvalue weighted by atomic mass is 10.0. The Labute approximate surface area is 154 Å². The molecular weight excluding hydrogens is 326 g/mol. The van der Waals surface area contributed by atoms with E-state index in [9.17, 15) is 9.59 Å². The van der Waals surface area contributed by atoms with Crippen molar-refractivity contribution in [3.8, 4) is 0 Å². The van der Waals surface area contributed by atoms with Crippen LogP contribution in [-0.2, 0) is 16.0 Å². The van der Waals surface area contributed by atoms with Gasteiger partial charge in [-0.1, -0.05) is 42.5 Å². The van der Waals surface area contributed by atoms with E-state index in [1.54, 1.807) is 4.90 Å². The number of carbonyl (C=O) groups is 2. The van der Waals surface area contributed by atoms with Gasteiger partial charge in [0.1, 0.15) is 6.04 Å². The molecule has 0 spiro atoms. The van der Waals surface area contributed by atoms with Gasteiger partial charge >= 0.3 is 0 Å². The van der Waals surface area contributed by atoms with Crippen LogP contribution in [0.3, 0.4) is 0 Å². The van der Waals surface area contributed by atoms with Crippen LogP contribution in [0.1, 0.15) is 36.4 Å². The summed E-state index contributed by atoms with van der Waals surface area (Å²) >= 11 is 0. The molecule has 0 saturated carbocycles. The van der Waals surface area contributed by atoms with Crippen LogP contribution in [0.5, 0.6) is 0 Å². The Kier molecular flexibility index (Phi) is 5.89. The molecule has 3 N–H and O–H groups in total. The van der Waals surface area contributed by atoms with Gasteiger partial charge < -0.3 is 16.0 Å². The molecule has 0 radical (unpaired) electrons. The zero-order valence-electron chi connectivity index (χ0n) is 14.9. The number of carbonyl (C=O) groups excluding carboxylic acids is 2. The number of nitrogens with two attached hydrogens (primary N) is 1. The number of amides is 2. The van der Waals surface area contributed by atoms with Crippen molar-refractivity contribution in [1.82, 2.24) is 10.2 Å². The van der Waals surface area contributed by atoms with Gasteiger partial charge in [0.05, 0.1) is 0 Å². The van der Waals surface area contributed by atoms with Crippen LogP contribution in [0.4, 0.5) is 5.69 Å². The summed E-state index contributed by atoms with van der Waals surface area (Å²) in [7, 11) is 0. The molecule has 136 valence electrons. The van der Waals surface area contributed by atoms with Gasteiger partial charge in [-0.3, -0.25) is 9.59 Å². The van der Waals surface area contributed by atoms with E-state index in [0.717, 1.165) is 36.1 Å². The number of nitrogens with one attached hydrogen (secondary N) is 1. The molecule has 3 rings (SSSR count). The van der Waals surface area contributed by atoms with Gasteiger partial charge in [-0.25, -0.2) is 0 Å². The monoisotopic (exact) mass is 351 g/mol. The van der Waals surface area contributed by atoms with Crippen LogP contribution in [0, 0.1) is 0 Å². The van der Waals surface area contributed by atoms with Crippen LogP contribution < -0.4 is 11.1 Å². The van der Waals surface area contributed by atoms with Crippen LogP contribution in [-0.4, -0.2) is 29.8 Å². The first-order valence-electron chi connectivity index (χ1n) is 9.12. The molecule has 5 nitrogen and oxygen atoms in total. The third kappa shape index (κ3) is 4.42. The number of anilines is 1. The first-order valence-corrected chi connectivity index (χ1v) is 9.12. The van der Waals surface area contributed by atoms with Gasteiger partial charge in [-0.05, 0) is 42.5 Å². The fourth-order valence-electron chi connectivity index (χ4n) is 3.32. The molecule has 5 heteroatoms. The summed E-state index contributed by atoms with van der Waals surface area (Å²) in [6, 6.07) is 16.6. The molecule has 1 saturated heterocycles. The van der Waals surface area contributed by atoms with Gasteiger partial charge in [-0.2, -0.15) is 0 Å². The van der Waals surface area contributed by atoms with Crippen LogP contribution in [0.2, 0.25) is 0 Å². The van der Waals surface area contributed by atoms with Crippen molar-refractivity contribution in [3.05, 3.63) is 65.7 Å². The molecule has 1 atom stereocenters. The highest BCUT2D eigenvalue weighted by atomic mass is 16.2. The number of rotatable bonds is 6. The van der Waals surface area contributed by atoms with Crippen molar-refractivity contribution >= 4 is 17.5 Å². The number of hydrogen-bond donors (Lipinski definition) is 2. The van der Waals surface area contributed by atoms with Crippen LogP contribution in [0.15, 0.2) is 54.6 Å². The predicted molar refractivity (Wildman–Crippen MR) is 102 cm³/mol. The van der Waals surface area contributed by atoms with Gasteiger partial charge in [0.25, 0.3) is 0 Å². The van der Waals surface area contributed by atoms with Crippen molar-refractivity contribution in [2.45, 2.75) is 31.7 Å². The second-order valence-corrected chi connectivity index (χ2v) is 6.64. The molecule has 2 aromatic rings. The molecule has 1 aliphatic heterocycles. The Morgan fingerprint density at radius 1 is 1.08 bits per heavy atom. The fourth-order valence-corrected chi connectivity index (χ4v) is 3.32. The lowest BCUT2D eigenvalue weighted by Crippen LogP contribution is -2.46. The molecule has 26 heavy (non-hydrogen) atoms. The van der Waals surface area contributed by atoms with Crippen molar-refractivity contribution in [2.75, 3.05) is 18.8 Å². The van der Waals surface area contributed by atoms with Crippen LogP contribution >= 0.6 is 0 Å². The molecule has 2 aromatic carbocycles. The summed E-state index contributed by atoms with van der Waals surface area (Å²) in [5, 5.41) is 3.00. The fraction of sp³-hybridized carbons (Fsp3) is 0.333. The van der Waals surface area contributed by atoms with Gasteiger partial charge in [0.2, 0.25) is 11.8 Å². The zero-order chi connectivity index (χ0) is 18.4. The molecule has 0 aromatic heterocycles. The Morgan fingerprint density at radius 2 is 1.81 bits per heavy atom. The smallest absolute Gasteiger partial charge is 0.247 e. The first-order chi connectivity index (χ1) is 12.6. The maximum absolute atomic E-state index is 12.9. The molecule has 1 heterocycles. The molecule has 1 fully saturated rings. The molecule has 0 bridgehead atoms. The second-order valence-electron chi connectivity index (χ2n) is 6.64. The Hall–Kier alpha value is -2.82. The second kappa shape index (κ2) is 8.52. The normalized spacial score (nSPS) is 15.5. The molecule has 1 unspecified atom stereocenters. The third-order valence-corrected chi connectivity index (χ3v) is 4.73. The maximum Gasteiger partial charge on any atom is 0.247 e. The number of benzene rings is 2.